The van der Waals surface area contributed by atoms with Gasteiger partial charge in [0.2, 0.25) is 0 Å². The maximum Gasteiger partial charge on any atom is 0.255 e. The van der Waals surface area contributed by atoms with Crippen LogP contribution in [0.4, 0.5) is 5.69 Å². The van der Waals surface area contributed by atoms with E-state index in [-0.39, 0.29) is 5.91 Å². The lowest BCUT2D eigenvalue weighted by Crippen LogP contribution is -2.12. The molecule has 0 radical (unpaired) electrons. The molecule has 2 rings (SSSR count). The Kier molecular flexibility index (Phi) is 3.95. The molecule has 0 spiro atoms. The molecule has 0 saturated heterocycles. The lowest BCUT2D eigenvalue weighted by atomic mass is 10.1. The van der Waals surface area contributed by atoms with Crippen molar-refractivity contribution in [2.45, 2.75) is 0 Å². The lowest BCUT2D eigenvalue weighted by molar-refractivity contribution is 0.102. The highest BCUT2D eigenvalue weighted by Crippen LogP contribution is 2.15. The van der Waals surface area contributed by atoms with Gasteiger partial charge in [-0.15, -0.1) is 0 Å². The van der Waals surface area contributed by atoms with Crippen LogP contribution in [0.3, 0.4) is 0 Å². The highest BCUT2D eigenvalue weighted by Gasteiger charge is 2.08. The molecule has 0 atom stereocenters. The Hall–Kier alpha value is -1.87. The molecule has 2 aromatic carbocycles. The maximum absolute atomic E-state index is 12.0. The van der Waals surface area contributed by atoms with Crippen LogP contribution >= 0.6 is 22.6 Å². The van der Waals surface area contributed by atoms with Crippen molar-refractivity contribution in [1.82, 2.24) is 0 Å². The van der Waals surface area contributed by atoms with Gasteiger partial charge in [-0.25, -0.2) is 0 Å². The lowest BCUT2D eigenvalue weighted by Gasteiger charge is -2.06. The summed E-state index contributed by atoms with van der Waals surface area (Å²) in [5, 5.41) is 11.7. The largest absolute Gasteiger partial charge is 0.321 e. The first-order valence-corrected chi connectivity index (χ1v) is 6.34. The molecule has 18 heavy (non-hydrogen) atoms. The molecule has 0 aromatic heterocycles. The fourth-order valence-electron chi connectivity index (χ4n) is 1.51. The van der Waals surface area contributed by atoms with Crippen LogP contribution in [-0.2, 0) is 0 Å². The minimum atomic E-state index is -0.212. The van der Waals surface area contributed by atoms with Crippen LogP contribution < -0.4 is 5.32 Å². The monoisotopic (exact) mass is 348 g/mol. The van der Waals surface area contributed by atoms with E-state index in [2.05, 4.69) is 27.9 Å². The molecule has 0 aliphatic carbocycles. The number of nitrogens with zero attached hydrogens (tertiary/aromatic N) is 1. The molecular weight excluding hydrogens is 339 g/mol. The zero-order valence-corrected chi connectivity index (χ0v) is 11.5. The highest BCUT2D eigenvalue weighted by molar-refractivity contribution is 14.1. The van der Waals surface area contributed by atoms with E-state index in [1.807, 2.05) is 18.2 Å². The van der Waals surface area contributed by atoms with Gasteiger partial charge in [-0.3, -0.25) is 4.79 Å². The number of halogens is 1. The molecule has 1 amide bonds. The summed E-state index contributed by atoms with van der Waals surface area (Å²) < 4.78 is 0.994. The molecule has 1 N–H and O–H groups in total. The zero-order valence-electron chi connectivity index (χ0n) is 9.35. The fraction of sp³-hybridized carbons (Fsp3) is 0. The van der Waals surface area contributed by atoms with Gasteiger partial charge in [-0.1, -0.05) is 18.2 Å². The summed E-state index contributed by atoms with van der Waals surface area (Å²) >= 11 is 2.15. The summed E-state index contributed by atoms with van der Waals surface area (Å²) in [6, 6.07) is 16.3. The van der Waals surface area contributed by atoms with Gasteiger partial charge in [0.1, 0.15) is 6.07 Å². The summed E-state index contributed by atoms with van der Waals surface area (Å²) in [4.78, 5) is 12.0. The van der Waals surface area contributed by atoms with Crippen molar-refractivity contribution < 1.29 is 4.79 Å². The van der Waals surface area contributed by atoms with Crippen molar-refractivity contribution in [3.8, 4) is 6.07 Å². The van der Waals surface area contributed by atoms with Crippen LogP contribution in [0, 0.1) is 14.9 Å². The van der Waals surface area contributed by atoms with Crippen molar-refractivity contribution in [1.29, 1.82) is 5.26 Å². The van der Waals surface area contributed by atoms with E-state index in [9.17, 15) is 4.79 Å². The predicted octanol–water partition coefficient (Wildman–Crippen LogP) is 3.42. The third kappa shape index (κ3) is 2.87. The molecule has 0 unspecified atom stereocenters. The van der Waals surface area contributed by atoms with Gasteiger partial charge >= 0.3 is 0 Å². The number of hydrogen-bond donors (Lipinski definition) is 1. The van der Waals surface area contributed by atoms with E-state index >= 15 is 0 Å². The molecule has 0 aliphatic heterocycles. The Morgan fingerprint density at radius 3 is 2.67 bits per heavy atom. The second kappa shape index (κ2) is 5.65. The van der Waals surface area contributed by atoms with Crippen molar-refractivity contribution in [2.75, 3.05) is 5.32 Å². The average molecular weight is 348 g/mol. The van der Waals surface area contributed by atoms with Gasteiger partial charge < -0.3 is 5.32 Å². The number of para-hydroxylation sites is 1. The normalized spacial score (nSPS) is 9.56. The van der Waals surface area contributed by atoms with Crippen molar-refractivity contribution in [3.05, 3.63) is 63.2 Å². The third-order valence-electron chi connectivity index (χ3n) is 2.38. The number of carbonyl (C=O) groups excluding carboxylic acids is 1. The number of amides is 1. The first-order valence-electron chi connectivity index (χ1n) is 5.27. The Labute approximate surface area is 119 Å². The summed E-state index contributed by atoms with van der Waals surface area (Å²) in [6.07, 6.45) is 0. The Morgan fingerprint density at radius 2 is 1.94 bits per heavy atom. The Balaban J connectivity index is 2.25. The molecular formula is C14H9IN2O. The molecule has 0 saturated carbocycles. The maximum atomic E-state index is 12.0. The average Bonchev–Trinajstić information content (AvgIpc) is 2.39. The topological polar surface area (TPSA) is 52.9 Å². The summed E-state index contributed by atoms with van der Waals surface area (Å²) in [5.41, 5.74) is 1.56. The SMILES string of the molecule is N#Cc1ccccc1NC(=O)c1cccc(I)c1. The fourth-order valence-corrected chi connectivity index (χ4v) is 2.06. The number of hydrogen-bond acceptors (Lipinski definition) is 2. The second-order valence-electron chi connectivity index (χ2n) is 3.62. The van der Waals surface area contributed by atoms with Crippen molar-refractivity contribution in [3.63, 3.8) is 0 Å². The third-order valence-corrected chi connectivity index (χ3v) is 3.05. The minimum absolute atomic E-state index is 0.212. The quantitative estimate of drug-likeness (QED) is 0.846. The smallest absolute Gasteiger partial charge is 0.255 e. The van der Waals surface area contributed by atoms with Gasteiger partial charge in [0.25, 0.3) is 5.91 Å². The molecule has 2 aromatic rings. The molecule has 88 valence electrons. The van der Waals surface area contributed by atoms with Gasteiger partial charge in [-0.2, -0.15) is 5.26 Å². The number of anilines is 1. The van der Waals surface area contributed by atoms with E-state index in [1.54, 1.807) is 36.4 Å². The molecule has 0 fully saturated rings. The van der Waals surface area contributed by atoms with Gasteiger partial charge in [0, 0.05) is 9.13 Å². The van der Waals surface area contributed by atoms with Crippen LogP contribution in [0.2, 0.25) is 0 Å². The summed E-state index contributed by atoms with van der Waals surface area (Å²) in [7, 11) is 0. The molecule has 0 heterocycles. The molecule has 3 nitrogen and oxygen atoms in total. The van der Waals surface area contributed by atoms with Crippen LogP contribution in [0.1, 0.15) is 15.9 Å². The van der Waals surface area contributed by atoms with Crippen LogP contribution in [0.5, 0.6) is 0 Å². The number of nitriles is 1. The standard InChI is InChI=1S/C14H9IN2O/c15-12-6-3-5-10(8-12)14(18)17-13-7-2-1-4-11(13)9-16/h1-8H,(H,17,18). The van der Waals surface area contributed by atoms with E-state index < -0.39 is 0 Å². The van der Waals surface area contributed by atoms with Gasteiger partial charge in [-0.05, 0) is 52.9 Å². The molecule has 4 heteroatoms. The number of rotatable bonds is 2. The summed E-state index contributed by atoms with van der Waals surface area (Å²) in [5.74, 6) is -0.212. The first-order chi connectivity index (χ1) is 8.70. The summed E-state index contributed by atoms with van der Waals surface area (Å²) in [6.45, 7) is 0. The predicted molar refractivity (Wildman–Crippen MR) is 78.3 cm³/mol. The van der Waals surface area contributed by atoms with Crippen LogP contribution in [0.15, 0.2) is 48.5 Å². The Bertz CT molecular complexity index is 632. The first kappa shape index (κ1) is 12.6. The van der Waals surface area contributed by atoms with Gasteiger partial charge in [0.05, 0.1) is 11.3 Å². The zero-order chi connectivity index (χ0) is 13.0. The number of carbonyl (C=O) groups is 1. The second-order valence-corrected chi connectivity index (χ2v) is 4.87. The van der Waals surface area contributed by atoms with E-state index in [4.69, 9.17) is 5.26 Å². The number of benzene rings is 2. The number of nitrogens with one attached hydrogen (secondary N) is 1. The van der Waals surface area contributed by atoms with Crippen LogP contribution in [0.25, 0.3) is 0 Å². The Morgan fingerprint density at radius 1 is 1.17 bits per heavy atom. The van der Waals surface area contributed by atoms with E-state index in [1.165, 1.54) is 0 Å². The van der Waals surface area contributed by atoms with E-state index in [0.29, 0.717) is 16.8 Å². The van der Waals surface area contributed by atoms with E-state index in [0.717, 1.165) is 3.57 Å². The van der Waals surface area contributed by atoms with Gasteiger partial charge in [0.15, 0.2) is 0 Å². The minimum Gasteiger partial charge on any atom is -0.321 e. The molecule has 0 aliphatic rings. The highest BCUT2D eigenvalue weighted by atomic mass is 127. The molecule has 0 bridgehead atoms. The van der Waals surface area contributed by atoms with Crippen molar-refractivity contribution in [2.24, 2.45) is 0 Å². The van der Waals surface area contributed by atoms with Crippen LogP contribution in [-0.4, -0.2) is 5.91 Å². The van der Waals surface area contributed by atoms with Crippen molar-refractivity contribution >= 4 is 34.2 Å².